The molecule has 0 saturated carbocycles. The van der Waals surface area contributed by atoms with E-state index in [0.717, 1.165) is 26.1 Å². The van der Waals surface area contributed by atoms with Crippen molar-refractivity contribution in [3.63, 3.8) is 0 Å². The second kappa shape index (κ2) is 8.69. The quantitative estimate of drug-likeness (QED) is 0.456. The fraction of sp³-hybridized carbons (Fsp3) is 0.217. The summed E-state index contributed by atoms with van der Waals surface area (Å²) in [6.07, 6.45) is 0.473. The van der Waals surface area contributed by atoms with Crippen molar-refractivity contribution in [2.24, 2.45) is 0 Å². The van der Waals surface area contributed by atoms with Gasteiger partial charge in [0.1, 0.15) is 6.54 Å². The van der Waals surface area contributed by atoms with Crippen molar-refractivity contribution >= 4 is 45.9 Å². The maximum atomic E-state index is 12.6. The van der Waals surface area contributed by atoms with E-state index < -0.39 is 30.3 Å². The summed E-state index contributed by atoms with van der Waals surface area (Å²) in [6.45, 7) is 1.45. The highest BCUT2D eigenvalue weighted by atomic mass is 32.1. The van der Waals surface area contributed by atoms with Crippen LogP contribution < -0.4 is 5.32 Å². The van der Waals surface area contributed by atoms with Crippen molar-refractivity contribution in [1.29, 1.82) is 0 Å². The van der Waals surface area contributed by atoms with Crippen LogP contribution in [0.25, 0.3) is 10.8 Å². The first-order valence-corrected chi connectivity index (χ1v) is 10.8. The van der Waals surface area contributed by atoms with Crippen LogP contribution in [0.15, 0.2) is 60.0 Å². The Morgan fingerprint density at radius 1 is 0.968 bits per heavy atom. The van der Waals surface area contributed by atoms with Gasteiger partial charge in [-0.15, -0.1) is 11.3 Å². The van der Waals surface area contributed by atoms with Gasteiger partial charge in [-0.3, -0.25) is 19.3 Å². The summed E-state index contributed by atoms with van der Waals surface area (Å²) in [7, 11) is 0. The van der Waals surface area contributed by atoms with Crippen LogP contribution in [-0.4, -0.2) is 46.6 Å². The van der Waals surface area contributed by atoms with Crippen LogP contribution in [0.3, 0.4) is 0 Å². The lowest BCUT2D eigenvalue weighted by Gasteiger charge is -2.19. The van der Waals surface area contributed by atoms with Crippen LogP contribution in [0, 0.1) is 0 Å². The average Bonchev–Trinajstić information content (AvgIpc) is 3.35. The Morgan fingerprint density at radius 2 is 1.71 bits per heavy atom. The van der Waals surface area contributed by atoms with Crippen molar-refractivity contribution in [3.05, 3.63) is 70.4 Å². The fourth-order valence-electron chi connectivity index (χ4n) is 3.70. The number of urea groups is 1. The molecule has 0 radical (unpaired) electrons. The zero-order valence-corrected chi connectivity index (χ0v) is 17.7. The van der Waals surface area contributed by atoms with E-state index in [1.54, 1.807) is 0 Å². The first-order chi connectivity index (χ1) is 15.0. The molecule has 1 aliphatic rings. The van der Waals surface area contributed by atoms with Crippen molar-refractivity contribution in [2.45, 2.75) is 19.4 Å². The minimum atomic E-state index is -0.968. The second-order valence-electron chi connectivity index (χ2n) is 7.32. The Balaban J connectivity index is 1.41. The van der Waals surface area contributed by atoms with E-state index in [1.165, 1.54) is 11.3 Å². The number of carbonyl (C=O) groups excluding carboxylic acids is 4. The molecule has 1 saturated heterocycles. The van der Waals surface area contributed by atoms with Gasteiger partial charge in [0, 0.05) is 17.8 Å². The molecular weight excluding hydrogens is 414 g/mol. The molecule has 8 heteroatoms. The Hall–Kier alpha value is -3.52. The minimum Gasteiger partial charge on any atom is -0.348 e. The Bertz CT molecular complexity index is 1150. The monoisotopic (exact) mass is 435 g/mol. The molecule has 31 heavy (non-hydrogen) atoms. The number of rotatable bonds is 7. The number of amides is 5. The molecule has 1 N–H and O–H groups in total. The summed E-state index contributed by atoms with van der Waals surface area (Å²) in [5, 5.41) is 6.80. The highest BCUT2D eigenvalue weighted by molar-refractivity contribution is 7.09. The smallest absolute Gasteiger partial charge is 0.334 e. The van der Waals surface area contributed by atoms with E-state index in [9.17, 15) is 19.2 Å². The third kappa shape index (κ3) is 4.20. The number of carbonyl (C=O) groups is 4. The third-order valence-corrected chi connectivity index (χ3v) is 6.20. The number of imide groups is 2. The molecular formula is C23H21N3O4S. The van der Waals surface area contributed by atoms with E-state index in [1.807, 2.05) is 66.9 Å². The molecule has 158 valence electrons. The largest absolute Gasteiger partial charge is 0.348 e. The van der Waals surface area contributed by atoms with Crippen molar-refractivity contribution in [1.82, 2.24) is 15.1 Å². The topological polar surface area (TPSA) is 86.8 Å². The van der Waals surface area contributed by atoms with Crippen LogP contribution in [0.4, 0.5) is 4.79 Å². The number of fused-ring (bicyclic) bond motifs is 1. The number of hydrogen-bond acceptors (Lipinski definition) is 5. The van der Waals surface area contributed by atoms with Gasteiger partial charge in [0.05, 0.1) is 6.04 Å². The number of nitrogens with one attached hydrogen (secondary N) is 1. The Kier molecular flexibility index (Phi) is 5.81. The molecule has 1 atom stereocenters. The Labute approximate surface area is 183 Å². The number of benzene rings is 2. The molecule has 0 bridgehead atoms. The molecule has 5 amide bonds. The maximum absolute atomic E-state index is 12.6. The van der Waals surface area contributed by atoms with E-state index >= 15 is 0 Å². The second-order valence-corrected chi connectivity index (χ2v) is 8.35. The normalized spacial score (nSPS) is 15.1. The number of hydrogen-bond donors (Lipinski definition) is 1. The van der Waals surface area contributed by atoms with E-state index in [0.29, 0.717) is 11.3 Å². The molecule has 1 aromatic heterocycles. The van der Waals surface area contributed by atoms with Gasteiger partial charge in [-0.05, 0) is 34.7 Å². The van der Waals surface area contributed by atoms with Gasteiger partial charge in [-0.25, -0.2) is 9.69 Å². The molecule has 1 unspecified atom stereocenters. The van der Waals surface area contributed by atoms with Crippen LogP contribution in [0.1, 0.15) is 23.4 Å². The number of thiophene rings is 1. The van der Waals surface area contributed by atoms with Crippen molar-refractivity contribution in [3.8, 4) is 0 Å². The molecule has 0 spiro atoms. The zero-order chi connectivity index (χ0) is 22.0. The summed E-state index contributed by atoms with van der Waals surface area (Å²) in [6, 6.07) is 16.4. The molecule has 1 aliphatic heterocycles. The van der Waals surface area contributed by atoms with E-state index in [2.05, 4.69) is 5.32 Å². The van der Waals surface area contributed by atoms with Gasteiger partial charge in [-0.1, -0.05) is 48.5 Å². The number of nitrogens with zero attached hydrogens (tertiary/aromatic N) is 2. The van der Waals surface area contributed by atoms with Gasteiger partial charge in [0.25, 0.3) is 0 Å². The van der Waals surface area contributed by atoms with Crippen LogP contribution >= 0.6 is 11.3 Å². The molecule has 4 rings (SSSR count). The zero-order valence-electron chi connectivity index (χ0n) is 16.9. The van der Waals surface area contributed by atoms with Crippen LogP contribution in [0.5, 0.6) is 0 Å². The summed E-state index contributed by atoms with van der Waals surface area (Å²) >= 11 is 1.51. The van der Waals surface area contributed by atoms with Gasteiger partial charge < -0.3 is 5.32 Å². The van der Waals surface area contributed by atoms with Gasteiger partial charge in [-0.2, -0.15) is 0 Å². The predicted molar refractivity (Wildman–Crippen MR) is 117 cm³/mol. The van der Waals surface area contributed by atoms with Gasteiger partial charge >= 0.3 is 17.8 Å². The van der Waals surface area contributed by atoms with Gasteiger partial charge in [0.15, 0.2) is 0 Å². The maximum Gasteiger partial charge on any atom is 0.334 e. The molecule has 1 fully saturated rings. The standard InChI is InChI=1S/C23H21N3O4S/c1-15(18-10-4-7-16-6-2-3-9-19(16)18)24-20(27)14-26-22(29)21(28)25(23(26)30)12-11-17-8-5-13-31-17/h2-10,13,15H,11-12,14H2,1H3,(H,24,27). The van der Waals surface area contributed by atoms with E-state index in [-0.39, 0.29) is 12.6 Å². The first-order valence-electron chi connectivity index (χ1n) is 9.92. The molecule has 7 nitrogen and oxygen atoms in total. The molecule has 2 heterocycles. The highest BCUT2D eigenvalue weighted by Crippen LogP contribution is 2.24. The lowest BCUT2D eigenvalue weighted by atomic mass is 10.00. The summed E-state index contributed by atoms with van der Waals surface area (Å²) in [4.78, 5) is 52.3. The summed E-state index contributed by atoms with van der Waals surface area (Å²) in [5.74, 6) is -2.37. The summed E-state index contributed by atoms with van der Waals surface area (Å²) < 4.78 is 0. The molecule has 2 aromatic carbocycles. The SMILES string of the molecule is CC(NC(=O)CN1C(=O)C(=O)N(CCc2cccs2)C1=O)c1cccc2ccccc12. The molecule has 0 aliphatic carbocycles. The highest BCUT2D eigenvalue weighted by Gasteiger charge is 2.44. The predicted octanol–water partition coefficient (Wildman–Crippen LogP) is 3.11. The molecule has 3 aromatic rings. The third-order valence-electron chi connectivity index (χ3n) is 5.27. The minimum absolute atomic E-state index is 0.106. The van der Waals surface area contributed by atoms with E-state index in [4.69, 9.17) is 0 Å². The lowest BCUT2D eigenvalue weighted by molar-refractivity contribution is -0.144. The van der Waals surface area contributed by atoms with Crippen molar-refractivity contribution in [2.75, 3.05) is 13.1 Å². The van der Waals surface area contributed by atoms with Crippen LogP contribution in [0.2, 0.25) is 0 Å². The van der Waals surface area contributed by atoms with Crippen LogP contribution in [-0.2, 0) is 20.8 Å². The van der Waals surface area contributed by atoms with Crippen molar-refractivity contribution < 1.29 is 19.2 Å². The van der Waals surface area contributed by atoms with Gasteiger partial charge in [0.2, 0.25) is 5.91 Å². The lowest BCUT2D eigenvalue weighted by Crippen LogP contribution is -2.42. The summed E-state index contributed by atoms with van der Waals surface area (Å²) in [5.41, 5.74) is 0.930. The Morgan fingerprint density at radius 3 is 2.48 bits per heavy atom. The first kappa shape index (κ1) is 20.7. The fourth-order valence-corrected chi connectivity index (χ4v) is 4.40. The average molecular weight is 436 g/mol.